The number of hydrogen-bond donors (Lipinski definition) is 1. The molecule has 4 nitrogen and oxygen atoms in total. The lowest BCUT2D eigenvalue weighted by Gasteiger charge is -2.10. The smallest absolute Gasteiger partial charge is 0.154 e. The predicted molar refractivity (Wildman–Crippen MR) is 85.9 cm³/mol. The Labute approximate surface area is 128 Å². The van der Waals surface area contributed by atoms with Crippen molar-refractivity contribution in [2.45, 2.75) is 20.8 Å². The van der Waals surface area contributed by atoms with Gasteiger partial charge in [-0.15, -0.1) is 0 Å². The van der Waals surface area contributed by atoms with Crippen LogP contribution in [-0.2, 0) is 0 Å². The Hall–Kier alpha value is -2.07. The van der Waals surface area contributed by atoms with Gasteiger partial charge in [-0.1, -0.05) is 11.6 Å². The van der Waals surface area contributed by atoms with Gasteiger partial charge in [-0.25, -0.2) is 9.97 Å². The van der Waals surface area contributed by atoms with E-state index in [1.54, 1.807) is 0 Å². The summed E-state index contributed by atoms with van der Waals surface area (Å²) in [6.45, 7) is 6.72. The number of benzene rings is 1. The highest BCUT2D eigenvalue weighted by molar-refractivity contribution is 6.31. The molecule has 0 spiro atoms. The van der Waals surface area contributed by atoms with Gasteiger partial charge in [0.1, 0.15) is 22.9 Å². The molecule has 3 rings (SSSR count). The van der Waals surface area contributed by atoms with E-state index in [9.17, 15) is 0 Å². The van der Waals surface area contributed by atoms with Crippen molar-refractivity contribution < 1.29 is 4.42 Å². The highest BCUT2D eigenvalue weighted by atomic mass is 35.5. The molecule has 3 aromatic rings. The Morgan fingerprint density at radius 2 is 2.00 bits per heavy atom. The second-order valence-corrected chi connectivity index (χ2v) is 5.35. The van der Waals surface area contributed by atoms with Crippen LogP contribution in [0.3, 0.4) is 0 Å². The molecule has 108 valence electrons. The van der Waals surface area contributed by atoms with Crippen LogP contribution < -0.4 is 5.32 Å². The lowest BCUT2D eigenvalue weighted by atomic mass is 10.1. The number of aromatic nitrogens is 2. The molecule has 0 radical (unpaired) electrons. The van der Waals surface area contributed by atoms with E-state index in [-0.39, 0.29) is 0 Å². The molecule has 0 aliphatic rings. The average Bonchev–Trinajstić information content (AvgIpc) is 2.85. The van der Waals surface area contributed by atoms with Gasteiger partial charge in [0.25, 0.3) is 0 Å². The quantitative estimate of drug-likeness (QED) is 0.768. The van der Waals surface area contributed by atoms with Crippen molar-refractivity contribution in [3.63, 3.8) is 0 Å². The summed E-state index contributed by atoms with van der Waals surface area (Å²) in [7, 11) is 0. The molecule has 0 fully saturated rings. The molecule has 5 heteroatoms. The van der Waals surface area contributed by atoms with Gasteiger partial charge in [0.2, 0.25) is 0 Å². The minimum Gasteiger partial charge on any atom is -0.454 e. The zero-order valence-electron chi connectivity index (χ0n) is 12.2. The van der Waals surface area contributed by atoms with Crippen LogP contribution in [0.4, 0.5) is 5.82 Å². The summed E-state index contributed by atoms with van der Waals surface area (Å²) in [5.74, 6) is 2.29. The topological polar surface area (TPSA) is 51.0 Å². The first-order valence-electron chi connectivity index (χ1n) is 6.87. The van der Waals surface area contributed by atoms with E-state index < -0.39 is 0 Å². The lowest BCUT2D eigenvalue weighted by Crippen LogP contribution is -2.05. The molecule has 0 unspecified atom stereocenters. The first-order valence-corrected chi connectivity index (χ1v) is 7.25. The molecule has 0 aliphatic carbocycles. The molecule has 0 amide bonds. The maximum absolute atomic E-state index is 6.02. The van der Waals surface area contributed by atoms with Crippen LogP contribution in [0.25, 0.3) is 22.4 Å². The third-order valence-corrected chi connectivity index (χ3v) is 3.55. The number of hydrogen-bond acceptors (Lipinski definition) is 4. The Balaban J connectivity index is 2.17. The number of anilines is 1. The van der Waals surface area contributed by atoms with Gasteiger partial charge >= 0.3 is 0 Å². The summed E-state index contributed by atoms with van der Waals surface area (Å²) in [5, 5.41) is 4.92. The summed E-state index contributed by atoms with van der Waals surface area (Å²) < 4.78 is 5.90. The number of halogens is 1. The Bertz CT molecular complexity index is 811. The van der Waals surface area contributed by atoms with Crippen molar-refractivity contribution in [2.24, 2.45) is 0 Å². The first kappa shape index (κ1) is 13.9. The first-order chi connectivity index (χ1) is 10.1. The van der Waals surface area contributed by atoms with E-state index in [1.807, 2.05) is 45.0 Å². The number of rotatable bonds is 3. The van der Waals surface area contributed by atoms with Crippen LogP contribution in [-0.4, -0.2) is 16.5 Å². The van der Waals surface area contributed by atoms with Crippen LogP contribution in [0, 0.1) is 13.8 Å². The fourth-order valence-corrected chi connectivity index (χ4v) is 2.52. The van der Waals surface area contributed by atoms with Crippen LogP contribution in [0.15, 0.2) is 28.7 Å². The maximum atomic E-state index is 6.02. The monoisotopic (exact) mass is 301 g/mol. The summed E-state index contributed by atoms with van der Waals surface area (Å²) in [5.41, 5.74) is 2.59. The van der Waals surface area contributed by atoms with Gasteiger partial charge < -0.3 is 9.73 Å². The summed E-state index contributed by atoms with van der Waals surface area (Å²) in [6.07, 6.45) is 0. The van der Waals surface area contributed by atoms with Crippen molar-refractivity contribution >= 4 is 28.4 Å². The molecule has 0 aliphatic heterocycles. The minimum absolute atomic E-state index is 0.693. The summed E-state index contributed by atoms with van der Waals surface area (Å²) >= 11 is 6.02. The van der Waals surface area contributed by atoms with Gasteiger partial charge in [-0.2, -0.15) is 0 Å². The summed E-state index contributed by atoms with van der Waals surface area (Å²) in [6, 6.07) is 7.54. The molecule has 0 atom stereocenters. The number of furan rings is 1. The van der Waals surface area contributed by atoms with E-state index in [2.05, 4.69) is 15.3 Å². The minimum atomic E-state index is 0.693. The van der Waals surface area contributed by atoms with Gasteiger partial charge in [0.05, 0.1) is 0 Å². The van der Waals surface area contributed by atoms with E-state index in [4.69, 9.17) is 16.0 Å². The predicted octanol–water partition coefficient (Wildman–Crippen LogP) is 4.59. The molecular weight excluding hydrogens is 286 g/mol. The molecule has 1 N–H and O–H groups in total. The Morgan fingerprint density at radius 3 is 2.76 bits per heavy atom. The normalized spacial score (nSPS) is 11.0. The number of aryl methyl sites for hydroxylation is 1. The van der Waals surface area contributed by atoms with Gasteiger partial charge in [-0.3, -0.25) is 0 Å². The standard InChI is InChI=1S/C16H16ClN3O/c1-4-18-16-9(2)15(19-10(3)20-16)14-8-11-7-12(17)5-6-13(11)21-14/h5-8H,4H2,1-3H3,(H,18,19,20). The van der Waals surface area contributed by atoms with Crippen LogP contribution in [0.1, 0.15) is 18.3 Å². The van der Waals surface area contributed by atoms with Crippen molar-refractivity contribution in [2.75, 3.05) is 11.9 Å². The molecule has 0 bridgehead atoms. The molecule has 2 heterocycles. The van der Waals surface area contributed by atoms with E-state index in [1.165, 1.54) is 0 Å². The molecule has 0 saturated carbocycles. The third kappa shape index (κ3) is 2.59. The third-order valence-electron chi connectivity index (χ3n) is 3.31. The molecule has 2 aromatic heterocycles. The highest BCUT2D eigenvalue weighted by Gasteiger charge is 2.15. The van der Waals surface area contributed by atoms with Crippen molar-refractivity contribution in [3.05, 3.63) is 40.7 Å². The summed E-state index contributed by atoms with van der Waals surface area (Å²) in [4.78, 5) is 8.96. The van der Waals surface area contributed by atoms with Crippen molar-refractivity contribution in [1.82, 2.24) is 9.97 Å². The fourth-order valence-electron chi connectivity index (χ4n) is 2.34. The van der Waals surface area contributed by atoms with E-state index in [0.29, 0.717) is 10.8 Å². The molecule has 0 saturated heterocycles. The van der Waals surface area contributed by atoms with Crippen LogP contribution >= 0.6 is 11.6 Å². The SMILES string of the molecule is CCNc1nc(C)nc(-c2cc3cc(Cl)ccc3o2)c1C. The van der Waals surface area contributed by atoms with Gasteiger partial charge in [0.15, 0.2) is 5.76 Å². The zero-order valence-corrected chi connectivity index (χ0v) is 13.0. The Kier molecular flexibility index (Phi) is 3.55. The van der Waals surface area contributed by atoms with Crippen molar-refractivity contribution in [3.8, 4) is 11.5 Å². The van der Waals surface area contributed by atoms with Crippen LogP contribution in [0.2, 0.25) is 5.02 Å². The number of nitrogens with one attached hydrogen (secondary N) is 1. The highest BCUT2D eigenvalue weighted by Crippen LogP contribution is 2.32. The van der Waals surface area contributed by atoms with E-state index >= 15 is 0 Å². The van der Waals surface area contributed by atoms with Gasteiger partial charge in [0, 0.05) is 22.5 Å². The second kappa shape index (κ2) is 5.37. The second-order valence-electron chi connectivity index (χ2n) is 4.92. The van der Waals surface area contributed by atoms with Crippen molar-refractivity contribution in [1.29, 1.82) is 0 Å². The molecular formula is C16H16ClN3O. The fraction of sp³-hybridized carbons (Fsp3) is 0.250. The Morgan fingerprint density at radius 1 is 1.19 bits per heavy atom. The number of fused-ring (bicyclic) bond motifs is 1. The molecule has 1 aromatic carbocycles. The number of nitrogens with zero attached hydrogens (tertiary/aromatic N) is 2. The average molecular weight is 302 g/mol. The largest absolute Gasteiger partial charge is 0.454 e. The maximum Gasteiger partial charge on any atom is 0.154 e. The lowest BCUT2D eigenvalue weighted by molar-refractivity contribution is 0.627. The van der Waals surface area contributed by atoms with E-state index in [0.717, 1.165) is 40.3 Å². The van der Waals surface area contributed by atoms with Crippen LogP contribution in [0.5, 0.6) is 0 Å². The zero-order chi connectivity index (χ0) is 15.0. The van der Waals surface area contributed by atoms with Gasteiger partial charge in [-0.05, 0) is 45.0 Å². The molecule has 21 heavy (non-hydrogen) atoms.